The number of nitrogens with zero attached hydrogens (tertiary/aromatic N) is 1. The van der Waals surface area contributed by atoms with Gasteiger partial charge < -0.3 is 10.2 Å². The number of amides is 1. The standard InChI is InChI=1S/C11H14Cl2N2O/c1-15(2)7-11(16)14-6-8-3-9(12)5-10(13)4-8/h3-5H,6-7H2,1-2H3,(H,14,16). The Hall–Kier alpha value is -0.770. The highest BCUT2D eigenvalue weighted by Gasteiger charge is 2.03. The van der Waals surface area contributed by atoms with Crippen molar-refractivity contribution in [3.8, 4) is 0 Å². The van der Waals surface area contributed by atoms with E-state index in [2.05, 4.69) is 5.32 Å². The summed E-state index contributed by atoms with van der Waals surface area (Å²) in [6.07, 6.45) is 0. The summed E-state index contributed by atoms with van der Waals surface area (Å²) in [4.78, 5) is 13.2. The third-order valence-corrected chi connectivity index (χ3v) is 2.31. The van der Waals surface area contributed by atoms with Crippen molar-refractivity contribution < 1.29 is 4.79 Å². The Morgan fingerprint density at radius 1 is 1.25 bits per heavy atom. The van der Waals surface area contributed by atoms with E-state index in [1.165, 1.54) is 0 Å². The second-order valence-corrected chi connectivity index (χ2v) is 4.67. The van der Waals surface area contributed by atoms with Crippen LogP contribution in [0.5, 0.6) is 0 Å². The molecule has 0 heterocycles. The SMILES string of the molecule is CN(C)CC(=O)NCc1cc(Cl)cc(Cl)c1. The number of likely N-dealkylation sites (N-methyl/N-ethyl adjacent to an activating group) is 1. The smallest absolute Gasteiger partial charge is 0.234 e. The first-order chi connectivity index (χ1) is 7.47. The molecule has 1 aromatic carbocycles. The molecule has 0 spiro atoms. The summed E-state index contributed by atoms with van der Waals surface area (Å²) in [5.74, 6) is -0.0268. The molecule has 0 bridgehead atoms. The topological polar surface area (TPSA) is 32.3 Å². The molecule has 3 nitrogen and oxygen atoms in total. The third kappa shape index (κ3) is 4.84. The lowest BCUT2D eigenvalue weighted by Gasteiger charge is -2.10. The van der Waals surface area contributed by atoms with Crippen molar-refractivity contribution in [2.45, 2.75) is 6.54 Å². The molecule has 0 aromatic heterocycles. The average Bonchev–Trinajstić information content (AvgIpc) is 2.12. The molecule has 1 amide bonds. The molecule has 0 atom stereocenters. The van der Waals surface area contributed by atoms with Gasteiger partial charge in [0.1, 0.15) is 0 Å². The van der Waals surface area contributed by atoms with E-state index in [1.54, 1.807) is 23.1 Å². The summed E-state index contributed by atoms with van der Waals surface area (Å²) in [5.41, 5.74) is 0.893. The van der Waals surface area contributed by atoms with Crippen molar-refractivity contribution in [3.05, 3.63) is 33.8 Å². The average molecular weight is 261 g/mol. The van der Waals surface area contributed by atoms with E-state index in [0.717, 1.165) is 5.56 Å². The van der Waals surface area contributed by atoms with Crippen LogP contribution in [0.15, 0.2) is 18.2 Å². The molecule has 1 rings (SSSR count). The summed E-state index contributed by atoms with van der Waals surface area (Å²) in [6.45, 7) is 0.807. The number of carbonyl (C=O) groups is 1. The van der Waals surface area contributed by atoms with Crippen molar-refractivity contribution in [2.24, 2.45) is 0 Å². The zero-order valence-corrected chi connectivity index (χ0v) is 10.8. The van der Waals surface area contributed by atoms with Crippen molar-refractivity contribution in [1.82, 2.24) is 10.2 Å². The van der Waals surface area contributed by atoms with Crippen molar-refractivity contribution in [1.29, 1.82) is 0 Å². The predicted octanol–water partition coefficient (Wildman–Crippen LogP) is 2.17. The number of hydrogen-bond donors (Lipinski definition) is 1. The van der Waals surface area contributed by atoms with Gasteiger partial charge >= 0.3 is 0 Å². The molecule has 0 aliphatic carbocycles. The zero-order valence-electron chi connectivity index (χ0n) is 9.26. The fourth-order valence-corrected chi connectivity index (χ4v) is 1.83. The summed E-state index contributed by atoms with van der Waals surface area (Å²) >= 11 is 11.7. The fraction of sp³-hybridized carbons (Fsp3) is 0.364. The summed E-state index contributed by atoms with van der Waals surface area (Å²) < 4.78 is 0. The van der Waals surface area contributed by atoms with Crippen LogP contribution in [0.4, 0.5) is 0 Å². The van der Waals surface area contributed by atoms with Crippen LogP contribution in [0, 0.1) is 0 Å². The van der Waals surface area contributed by atoms with Crippen LogP contribution in [0.3, 0.4) is 0 Å². The number of halogens is 2. The second kappa shape index (κ2) is 6.09. The molecular weight excluding hydrogens is 247 g/mol. The van der Waals surface area contributed by atoms with Crippen LogP contribution in [-0.2, 0) is 11.3 Å². The highest BCUT2D eigenvalue weighted by molar-refractivity contribution is 6.34. The van der Waals surface area contributed by atoms with E-state index >= 15 is 0 Å². The maximum absolute atomic E-state index is 11.4. The maximum Gasteiger partial charge on any atom is 0.234 e. The number of carbonyl (C=O) groups excluding carboxylic acids is 1. The van der Waals surface area contributed by atoms with Crippen molar-refractivity contribution in [3.63, 3.8) is 0 Å². The largest absolute Gasteiger partial charge is 0.351 e. The van der Waals surface area contributed by atoms with Gasteiger partial charge in [0, 0.05) is 16.6 Å². The van der Waals surface area contributed by atoms with Gasteiger partial charge in [0.25, 0.3) is 0 Å². The molecule has 0 aliphatic rings. The van der Waals surface area contributed by atoms with Gasteiger partial charge in [0.05, 0.1) is 6.54 Å². The number of nitrogens with one attached hydrogen (secondary N) is 1. The minimum Gasteiger partial charge on any atom is -0.351 e. The summed E-state index contributed by atoms with van der Waals surface area (Å²) in [5, 5.41) is 3.93. The minimum atomic E-state index is -0.0268. The lowest BCUT2D eigenvalue weighted by Crippen LogP contribution is -2.32. The molecule has 0 radical (unpaired) electrons. The Morgan fingerprint density at radius 2 is 1.81 bits per heavy atom. The first-order valence-corrected chi connectivity index (χ1v) is 5.59. The van der Waals surface area contributed by atoms with E-state index in [-0.39, 0.29) is 5.91 Å². The van der Waals surface area contributed by atoms with Gasteiger partial charge in [0.2, 0.25) is 5.91 Å². The molecule has 0 fully saturated rings. The first kappa shape index (κ1) is 13.3. The Bertz CT molecular complexity index is 360. The Labute approximate surface area is 105 Å². The highest BCUT2D eigenvalue weighted by Crippen LogP contribution is 2.18. The van der Waals surface area contributed by atoms with Gasteiger partial charge in [-0.05, 0) is 37.9 Å². The van der Waals surface area contributed by atoms with Crippen LogP contribution >= 0.6 is 23.2 Å². The second-order valence-electron chi connectivity index (χ2n) is 3.79. The van der Waals surface area contributed by atoms with Gasteiger partial charge in [-0.25, -0.2) is 0 Å². The lowest BCUT2D eigenvalue weighted by atomic mass is 10.2. The van der Waals surface area contributed by atoms with Crippen LogP contribution in [0.2, 0.25) is 10.0 Å². The molecule has 1 N–H and O–H groups in total. The van der Waals surface area contributed by atoms with Crippen molar-refractivity contribution >= 4 is 29.1 Å². The van der Waals surface area contributed by atoms with Crippen LogP contribution in [-0.4, -0.2) is 31.4 Å². The van der Waals surface area contributed by atoms with Crippen LogP contribution in [0.25, 0.3) is 0 Å². The van der Waals surface area contributed by atoms with Gasteiger partial charge in [-0.15, -0.1) is 0 Å². The minimum absolute atomic E-state index is 0.0268. The predicted molar refractivity (Wildman–Crippen MR) is 66.9 cm³/mol. The molecule has 16 heavy (non-hydrogen) atoms. The van der Waals surface area contributed by atoms with Gasteiger partial charge in [0.15, 0.2) is 0 Å². The summed E-state index contributed by atoms with van der Waals surface area (Å²) in [7, 11) is 3.69. The van der Waals surface area contributed by atoms with E-state index < -0.39 is 0 Å². The first-order valence-electron chi connectivity index (χ1n) is 4.84. The monoisotopic (exact) mass is 260 g/mol. The Kier molecular flexibility index (Phi) is 5.06. The number of benzene rings is 1. The fourth-order valence-electron chi connectivity index (χ4n) is 1.26. The van der Waals surface area contributed by atoms with Gasteiger partial charge in [-0.3, -0.25) is 4.79 Å². The number of hydrogen-bond acceptors (Lipinski definition) is 2. The van der Waals surface area contributed by atoms with E-state index in [0.29, 0.717) is 23.1 Å². The van der Waals surface area contributed by atoms with Crippen molar-refractivity contribution in [2.75, 3.05) is 20.6 Å². The van der Waals surface area contributed by atoms with Gasteiger partial charge in [-0.1, -0.05) is 23.2 Å². The van der Waals surface area contributed by atoms with Crippen LogP contribution in [0.1, 0.15) is 5.56 Å². The van der Waals surface area contributed by atoms with E-state index in [4.69, 9.17) is 23.2 Å². The lowest BCUT2D eigenvalue weighted by molar-refractivity contribution is -0.121. The van der Waals surface area contributed by atoms with Crippen LogP contribution < -0.4 is 5.32 Å². The molecule has 5 heteroatoms. The Balaban J connectivity index is 2.51. The summed E-state index contributed by atoms with van der Waals surface area (Å²) in [6, 6.07) is 5.22. The van der Waals surface area contributed by atoms with Gasteiger partial charge in [-0.2, -0.15) is 0 Å². The third-order valence-electron chi connectivity index (χ3n) is 1.87. The zero-order chi connectivity index (χ0) is 12.1. The molecule has 88 valence electrons. The maximum atomic E-state index is 11.4. The normalized spacial score (nSPS) is 10.6. The molecule has 0 saturated heterocycles. The highest BCUT2D eigenvalue weighted by atomic mass is 35.5. The number of rotatable bonds is 4. The molecule has 1 aromatic rings. The quantitative estimate of drug-likeness (QED) is 0.900. The molecule has 0 aliphatic heterocycles. The van der Waals surface area contributed by atoms with E-state index in [1.807, 2.05) is 14.1 Å². The Morgan fingerprint density at radius 3 is 2.31 bits per heavy atom. The van der Waals surface area contributed by atoms with E-state index in [9.17, 15) is 4.79 Å². The molecular formula is C11H14Cl2N2O. The molecule has 0 unspecified atom stereocenters. The molecule has 0 saturated carbocycles.